The van der Waals surface area contributed by atoms with Gasteiger partial charge in [-0.05, 0) is 42.2 Å². The van der Waals surface area contributed by atoms with E-state index in [9.17, 15) is 0 Å². The van der Waals surface area contributed by atoms with E-state index in [1.807, 2.05) is 11.3 Å². The second kappa shape index (κ2) is 3.56. The van der Waals surface area contributed by atoms with E-state index in [-0.39, 0.29) is 0 Å². The molecule has 0 unspecified atom stereocenters. The van der Waals surface area contributed by atoms with Gasteiger partial charge in [-0.2, -0.15) is 0 Å². The van der Waals surface area contributed by atoms with Crippen LogP contribution in [0.2, 0.25) is 0 Å². The first-order valence-corrected chi connectivity index (χ1v) is 5.25. The minimum absolute atomic E-state index is 0.603. The number of rotatable bonds is 2. The number of hydrogen-bond acceptors (Lipinski definition) is 3. The number of hydroxylamine groups is 1. The SMILES string of the molecule is ONCc1csc2c1CCCC2. The molecule has 0 amide bonds. The van der Waals surface area contributed by atoms with E-state index in [0.29, 0.717) is 6.54 Å². The van der Waals surface area contributed by atoms with Crippen molar-refractivity contribution < 1.29 is 5.21 Å². The van der Waals surface area contributed by atoms with Crippen molar-refractivity contribution in [2.24, 2.45) is 0 Å². The Bertz CT molecular complexity index is 269. The Morgan fingerprint density at radius 1 is 1.42 bits per heavy atom. The molecular weight excluding hydrogens is 170 g/mol. The summed E-state index contributed by atoms with van der Waals surface area (Å²) in [6.07, 6.45) is 5.09. The van der Waals surface area contributed by atoms with Crippen LogP contribution in [-0.2, 0) is 19.4 Å². The van der Waals surface area contributed by atoms with Crippen LogP contribution < -0.4 is 5.48 Å². The molecule has 0 fully saturated rings. The van der Waals surface area contributed by atoms with Gasteiger partial charge in [0.05, 0.1) is 0 Å². The monoisotopic (exact) mass is 183 g/mol. The van der Waals surface area contributed by atoms with Gasteiger partial charge in [0, 0.05) is 11.4 Å². The second-order valence-corrected chi connectivity index (χ2v) is 4.17. The predicted octanol–water partition coefficient (Wildman–Crippen LogP) is 2.11. The maximum atomic E-state index is 8.59. The van der Waals surface area contributed by atoms with Crippen LogP contribution in [0.25, 0.3) is 0 Å². The predicted molar refractivity (Wildman–Crippen MR) is 49.6 cm³/mol. The van der Waals surface area contributed by atoms with Crippen molar-refractivity contribution in [3.05, 3.63) is 21.4 Å². The smallest absolute Gasteiger partial charge is 0.0469 e. The minimum Gasteiger partial charge on any atom is -0.316 e. The molecule has 2 rings (SSSR count). The number of aryl methyl sites for hydroxylation is 1. The van der Waals surface area contributed by atoms with E-state index >= 15 is 0 Å². The van der Waals surface area contributed by atoms with Crippen LogP contribution in [0.1, 0.15) is 28.8 Å². The molecule has 1 heterocycles. The van der Waals surface area contributed by atoms with Gasteiger partial charge in [0.15, 0.2) is 0 Å². The maximum Gasteiger partial charge on any atom is 0.0469 e. The van der Waals surface area contributed by atoms with Gasteiger partial charge >= 0.3 is 0 Å². The van der Waals surface area contributed by atoms with Crippen molar-refractivity contribution >= 4 is 11.3 Å². The zero-order valence-corrected chi connectivity index (χ0v) is 7.78. The van der Waals surface area contributed by atoms with Crippen molar-refractivity contribution in [1.29, 1.82) is 0 Å². The van der Waals surface area contributed by atoms with Crippen LogP contribution in [0.4, 0.5) is 0 Å². The summed E-state index contributed by atoms with van der Waals surface area (Å²) in [5.41, 5.74) is 5.01. The van der Waals surface area contributed by atoms with Gasteiger partial charge in [0.1, 0.15) is 0 Å². The molecule has 0 aromatic carbocycles. The molecule has 1 aliphatic carbocycles. The Hall–Kier alpha value is -0.380. The highest BCUT2D eigenvalue weighted by Crippen LogP contribution is 2.29. The first-order chi connectivity index (χ1) is 5.92. The van der Waals surface area contributed by atoms with Crippen molar-refractivity contribution in [3.8, 4) is 0 Å². The molecule has 1 aromatic heterocycles. The van der Waals surface area contributed by atoms with Gasteiger partial charge in [-0.1, -0.05) is 0 Å². The van der Waals surface area contributed by atoms with Gasteiger partial charge in [0.25, 0.3) is 0 Å². The Kier molecular flexibility index (Phi) is 2.44. The fourth-order valence-electron chi connectivity index (χ4n) is 1.79. The summed E-state index contributed by atoms with van der Waals surface area (Å²) < 4.78 is 0. The summed E-state index contributed by atoms with van der Waals surface area (Å²) in [6, 6.07) is 0. The first kappa shape index (κ1) is 8.23. The summed E-state index contributed by atoms with van der Waals surface area (Å²) in [5, 5.41) is 10.8. The largest absolute Gasteiger partial charge is 0.316 e. The normalized spacial score (nSPS) is 16.1. The second-order valence-electron chi connectivity index (χ2n) is 3.20. The van der Waals surface area contributed by atoms with E-state index in [1.54, 1.807) is 0 Å². The Balaban J connectivity index is 2.25. The van der Waals surface area contributed by atoms with Crippen molar-refractivity contribution in [3.63, 3.8) is 0 Å². The van der Waals surface area contributed by atoms with Crippen LogP contribution in [0.5, 0.6) is 0 Å². The van der Waals surface area contributed by atoms with E-state index in [2.05, 4.69) is 10.9 Å². The van der Waals surface area contributed by atoms with Crippen molar-refractivity contribution in [1.82, 2.24) is 5.48 Å². The molecular formula is C9H13NOS. The number of thiophene rings is 1. The molecule has 0 radical (unpaired) electrons. The Labute approximate surface area is 76.2 Å². The quantitative estimate of drug-likeness (QED) is 0.688. The molecule has 3 heteroatoms. The highest BCUT2D eigenvalue weighted by molar-refractivity contribution is 7.10. The maximum absolute atomic E-state index is 8.59. The van der Waals surface area contributed by atoms with Crippen molar-refractivity contribution in [2.75, 3.05) is 0 Å². The average Bonchev–Trinajstić information content (AvgIpc) is 2.50. The average molecular weight is 183 g/mol. The van der Waals surface area contributed by atoms with Gasteiger partial charge in [0.2, 0.25) is 0 Å². The van der Waals surface area contributed by atoms with Crippen LogP contribution >= 0.6 is 11.3 Å². The summed E-state index contributed by atoms with van der Waals surface area (Å²) in [5.74, 6) is 0. The van der Waals surface area contributed by atoms with Crippen LogP contribution in [0.3, 0.4) is 0 Å². The van der Waals surface area contributed by atoms with Crippen molar-refractivity contribution in [2.45, 2.75) is 32.2 Å². The lowest BCUT2D eigenvalue weighted by Gasteiger charge is -2.12. The lowest BCUT2D eigenvalue weighted by atomic mass is 9.96. The number of nitrogens with one attached hydrogen (secondary N) is 1. The standard InChI is InChI=1S/C9H13NOS/c11-10-5-7-6-12-9-4-2-1-3-8(7)9/h6,10-11H,1-5H2. The van der Waals surface area contributed by atoms with Gasteiger partial charge in [-0.15, -0.1) is 11.3 Å². The molecule has 66 valence electrons. The number of hydrogen-bond donors (Lipinski definition) is 2. The van der Waals surface area contributed by atoms with Crippen LogP contribution in [-0.4, -0.2) is 5.21 Å². The third-order valence-electron chi connectivity index (χ3n) is 2.42. The lowest BCUT2D eigenvalue weighted by Crippen LogP contribution is -2.09. The summed E-state index contributed by atoms with van der Waals surface area (Å²) in [4.78, 5) is 1.53. The summed E-state index contributed by atoms with van der Waals surface area (Å²) >= 11 is 1.84. The molecule has 0 aliphatic heterocycles. The Morgan fingerprint density at radius 2 is 2.25 bits per heavy atom. The number of fused-ring (bicyclic) bond motifs is 1. The lowest BCUT2D eigenvalue weighted by molar-refractivity contribution is 0.161. The molecule has 0 spiro atoms. The van der Waals surface area contributed by atoms with E-state index < -0.39 is 0 Å². The highest BCUT2D eigenvalue weighted by atomic mass is 32.1. The van der Waals surface area contributed by atoms with Gasteiger partial charge < -0.3 is 5.21 Å². The molecule has 0 atom stereocenters. The Morgan fingerprint density at radius 3 is 3.08 bits per heavy atom. The van der Waals surface area contributed by atoms with Gasteiger partial charge in [-0.3, -0.25) is 0 Å². The fraction of sp³-hybridized carbons (Fsp3) is 0.556. The molecule has 1 aliphatic rings. The van der Waals surface area contributed by atoms with Gasteiger partial charge in [-0.25, -0.2) is 5.48 Å². The fourth-order valence-corrected chi connectivity index (χ4v) is 2.94. The molecule has 1 aromatic rings. The van der Waals surface area contributed by atoms with E-state index in [0.717, 1.165) is 0 Å². The summed E-state index contributed by atoms with van der Waals surface area (Å²) in [7, 11) is 0. The van der Waals surface area contributed by atoms with Crippen LogP contribution in [0, 0.1) is 0 Å². The zero-order chi connectivity index (χ0) is 8.39. The van der Waals surface area contributed by atoms with E-state index in [1.165, 1.54) is 41.7 Å². The topological polar surface area (TPSA) is 32.3 Å². The molecule has 0 saturated carbocycles. The minimum atomic E-state index is 0.603. The van der Waals surface area contributed by atoms with E-state index in [4.69, 9.17) is 5.21 Å². The molecule has 0 bridgehead atoms. The van der Waals surface area contributed by atoms with Crippen LogP contribution in [0.15, 0.2) is 5.38 Å². The summed E-state index contributed by atoms with van der Waals surface area (Å²) in [6.45, 7) is 0.603. The third-order valence-corrected chi connectivity index (χ3v) is 3.56. The molecule has 0 saturated heterocycles. The first-order valence-electron chi connectivity index (χ1n) is 4.37. The highest BCUT2D eigenvalue weighted by Gasteiger charge is 2.14. The molecule has 2 N–H and O–H groups in total. The third kappa shape index (κ3) is 1.40. The molecule has 2 nitrogen and oxygen atoms in total. The zero-order valence-electron chi connectivity index (χ0n) is 6.97. The molecule has 12 heavy (non-hydrogen) atoms.